The van der Waals surface area contributed by atoms with Gasteiger partial charge in [0, 0.05) is 4.47 Å². The summed E-state index contributed by atoms with van der Waals surface area (Å²) in [4.78, 5) is 26.2. The van der Waals surface area contributed by atoms with Gasteiger partial charge in [-0.1, -0.05) is 28.1 Å². The molecule has 2 N–H and O–H groups in total. The molecule has 0 fully saturated rings. The Balaban J connectivity index is 1.99. The van der Waals surface area contributed by atoms with E-state index in [0.717, 1.165) is 10.0 Å². The van der Waals surface area contributed by atoms with Gasteiger partial charge < -0.3 is 10.4 Å². The zero-order chi connectivity index (χ0) is 14.5. The summed E-state index contributed by atoms with van der Waals surface area (Å²) in [5.74, 6) is -1.29. The molecule has 2 aromatic rings. The molecule has 0 saturated heterocycles. The molecule has 2 rings (SSSR count). The number of amides is 1. The number of aromatic nitrogens is 1. The summed E-state index contributed by atoms with van der Waals surface area (Å²) in [6.45, 7) is 0. The highest BCUT2D eigenvalue weighted by Crippen LogP contribution is 2.13. The molecule has 6 heteroatoms. The molecule has 0 atom stereocenters. The minimum Gasteiger partial charge on any atom is -0.477 e. The van der Waals surface area contributed by atoms with Gasteiger partial charge in [0.15, 0.2) is 0 Å². The Hall–Kier alpha value is -2.21. The van der Waals surface area contributed by atoms with Crippen molar-refractivity contribution in [3.05, 3.63) is 58.3 Å². The lowest BCUT2D eigenvalue weighted by atomic mass is 10.1. The molecule has 1 aromatic carbocycles. The topological polar surface area (TPSA) is 79.3 Å². The van der Waals surface area contributed by atoms with Crippen LogP contribution in [0.25, 0.3) is 0 Å². The third-order valence-corrected chi connectivity index (χ3v) is 3.01. The first-order valence-corrected chi connectivity index (χ1v) is 6.57. The lowest BCUT2D eigenvalue weighted by molar-refractivity contribution is -0.115. The van der Waals surface area contributed by atoms with Crippen molar-refractivity contribution in [2.24, 2.45) is 0 Å². The molecule has 20 heavy (non-hydrogen) atoms. The highest BCUT2D eigenvalue weighted by Gasteiger charge is 2.07. The van der Waals surface area contributed by atoms with Crippen LogP contribution >= 0.6 is 15.9 Å². The maximum atomic E-state index is 11.8. The van der Waals surface area contributed by atoms with Crippen LogP contribution in [-0.2, 0) is 11.2 Å². The first-order chi connectivity index (χ1) is 9.54. The van der Waals surface area contributed by atoms with E-state index in [-0.39, 0.29) is 18.0 Å². The maximum absolute atomic E-state index is 11.8. The Kier molecular flexibility index (Phi) is 4.47. The Morgan fingerprint density at radius 1 is 1.25 bits per heavy atom. The number of halogens is 1. The van der Waals surface area contributed by atoms with Crippen LogP contribution < -0.4 is 5.32 Å². The van der Waals surface area contributed by atoms with E-state index >= 15 is 0 Å². The van der Waals surface area contributed by atoms with Crippen LogP contribution in [0.15, 0.2) is 47.1 Å². The van der Waals surface area contributed by atoms with Crippen molar-refractivity contribution in [3.8, 4) is 0 Å². The van der Waals surface area contributed by atoms with Crippen LogP contribution in [0.2, 0.25) is 0 Å². The van der Waals surface area contributed by atoms with Gasteiger partial charge in [0.2, 0.25) is 5.91 Å². The monoisotopic (exact) mass is 334 g/mol. The first kappa shape index (κ1) is 14.2. The largest absolute Gasteiger partial charge is 0.477 e. The third kappa shape index (κ3) is 3.89. The van der Waals surface area contributed by atoms with Crippen molar-refractivity contribution in [2.45, 2.75) is 6.42 Å². The number of anilines is 1. The van der Waals surface area contributed by atoms with Gasteiger partial charge in [-0.2, -0.15) is 0 Å². The number of nitrogens with zero attached hydrogens (tertiary/aromatic N) is 1. The van der Waals surface area contributed by atoms with Crippen LogP contribution in [0.3, 0.4) is 0 Å². The van der Waals surface area contributed by atoms with Gasteiger partial charge in [0.1, 0.15) is 5.69 Å². The number of hydrogen-bond donors (Lipinski definition) is 2. The summed E-state index contributed by atoms with van der Waals surface area (Å²) in [7, 11) is 0. The summed E-state index contributed by atoms with van der Waals surface area (Å²) >= 11 is 3.34. The van der Waals surface area contributed by atoms with Crippen LogP contribution in [-0.4, -0.2) is 22.0 Å². The van der Waals surface area contributed by atoms with E-state index in [1.165, 1.54) is 18.3 Å². The number of pyridine rings is 1. The van der Waals surface area contributed by atoms with Crippen LogP contribution in [0.1, 0.15) is 16.1 Å². The van der Waals surface area contributed by atoms with E-state index in [0.29, 0.717) is 5.69 Å². The lowest BCUT2D eigenvalue weighted by Crippen LogP contribution is -2.14. The van der Waals surface area contributed by atoms with E-state index < -0.39 is 5.97 Å². The standard InChI is InChI=1S/C14H11BrN2O3/c15-10-3-1-2-9(6-10)7-13(18)17-11-4-5-12(14(19)20)16-8-11/h1-6,8H,7H2,(H,17,18)(H,19,20). The van der Waals surface area contributed by atoms with Crippen LogP contribution in [0.5, 0.6) is 0 Å². The predicted octanol–water partition coefficient (Wildman–Crippen LogP) is 2.72. The quantitative estimate of drug-likeness (QED) is 0.900. The molecule has 5 nitrogen and oxygen atoms in total. The second-order valence-electron chi connectivity index (χ2n) is 4.09. The number of nitrogens with one attached hydrogen (secondary N) is 1. The van der Waals surface area contributed by atoms with Gasteiger partial charge in [0.25, 0.3) is 0 Å². The average Bonchev–Trinajstić information content (AvgIpc) is 2.39. The lowest BCUT2D eigenvalue weighted by Gasteiger charge is -2.05. The average molecular weight is 335 g/mol. The maximum Gasteiger partial charge on any atom is 0.354 e. The molecule has 102 valence electrons. The molecule has 0 spiro atoms. The Labute approximate surface area is 123 Å². The van der Waals surface area contributed by atoms with Gasteiger partial charge in [-0.25, -0.2) is 9.78 Å². The number of benzene rings is 1. The number of rotatable bonds is 4. The molecule has 0 saturated carbocycles. The summed E-state index contributed by atoms with van der Waals surface area (Å²) in [5.41, 5.74) is 1.29. The van der Waals surface area contributed by atoms with Crippen molar-refractivity contribution >= 4 is 33.5 Å². The molecular formula is C14H11BrN2O3. The van der Waals surface area contributed by atoms with Gasteiger partial charge in [-0.15, -0.1) is 0 Å². The molecule has 0 radical (unpaired) electrons. The number of carbonyl (C=O) groups is 2. The summed E-state index contributed by atoms with van der Waals surface area (Å²) in [6, 6.07) is 10.3. The third-order valence-electron chi connectivity index (χ3n) is 2.52. The first-order valence-electron chi connectivity index (χ1n) is 5.78. The smallest absolute Gasteiger partial charge is 0.354 e. The molecular weight excluding hydrogens is 324 g/mol. The zero-order valence-corrected chi connectivity index (χ0v) is 11.9. The highest BCUT2D eigenvalue weighted by molar-refractivity contribution is 9.10. The van der Waals surface area contributed by atoms with Crippen molar-refractivity contribution in [3.63, 3.8) is 0 Å². The second-order valence-corrected chi connectivity index (χ2v) is 5.01. The minimum absolute atomic E-state index is 0.0602. The molecule has 1 amide bonds. The van der Waals surface area contributed by atoms with Crippen molar-refractivity contribution in [1.29, 1.82) is 0 Å². The molecule has 0 unspecified atom stereocenters. The molecule has 1 heterocycles. The number of carboxylic acids is 1. The second kappa shape index (κ2) is 6.29. The van der Waals surface area contributed by atoms with Gasteiger partial charge in [-0.05, 0) is 29.8 Å². The number of carbonyl (C=O) groups excluding carboxylic acids is 1. The summed E-state index contributed by atoms with van der Waals surface area (Å²) in [5, 5.41) is 11.4. The number of aromatic carboxylic acids is 1. The van der Waals surface area contributed by atoms with E-state index in [1.54, 1.807) is 0 Å². The van der Waals surface area contributed by atoms with Gasteiger partial charge in [0.05, 0.1) is 18.3 Å². The summed E-state index contributed by atoms with van der Waals surface area (Å²) < 4.78 is 0.912. The van der Waals surface area contributed by atoms with Crippen LogP contribution in [0.4, 0.5) is 5.69 Å². The molecule has 0 bridgehead atoms. The van der Waals surface area contributed by atoms with Gasteiger partial charge >= 0.3 is 5.97 Å². The fourth-order valence-corrected chi connectivity index (χ4v) is 2.08. The SMILES string of the molecule is O=C(Cc1cccc(Br)c1)Nc1ccc(C(=O)O)nc1. The molecule has 1 aromatic heterocycles. The van der Waals surface area contributed by atoms with Crippen molar-refractivity contribution in [1.82, 2.24) is 4.98 Å². The molecule has 0 aliphatic carbocycles. The Morgan fingerprint density at radius 3 is 2.65 bits per heavy atom. The van der Waals surface area contributed by atoms with E-state index in [1.807, 2.05) is 24.3 Å². The predicted molar refractivity (Wildman–Crippen MR) is 77.7 cm³/mol. The minimum atomic E-state index is -1.10. The zero-order valence-electron chi connectivity index (χ0n) is 10.3. The van der Waals surface area contributed by atoms with Crippen LogP contribution in [0, 0.1) is 0 Å². The fourth-order valence-electron chi connectivity index (χ4n) is 1.63. The highest BCUT2D eigenvalue weighted by atomic mass is 79.9. The van der Waals surface area contributed by atoms with E-state index in [4.69, 9.17) is 5.11 Å². The normalized spacial score (nSPS) is 10.1. The number of carboxylic acid groups (broad SMARTS) is 1. The van der Waals surface area contributed by atoms with Gasteiger partial charge in [-0.3, -0.25) is 4.79 Å². The molecule has 0 aliphatic heterocycles. The Morgan fingerprint density at radius 2 is 2.05 bits per heavy atom. The van der Waals surface area contributed by atoms with Crippen molar-refractivity contribution < 1.29 is 14.7 Å². The fraction of sp³-hybridized carbons (Fsp3) is 0.0714. The van der Waals surface area contributed by atoms with E-state index in [2.05, 4.69) is 26.2 Å². The Bertz CT molecular complexity index is 641. The van der Waals surface area contributed by atoms with Crippen molar-refractivity contribution in [2.75, 3.05) is 5.32 Å². The summed E-state index contributed by atoms with van der Waals surface area (Å²) in [6.07, 6.45) is 1.56. The van der Waals surface area contributed by atoms with E-state index in [9.17, 15) is 9.59 Å². The molecule has 0 aliphatic rings. The number of hydrogen-bond acceptors (Lipinski definition) is 3.